The quantitative estimate of drug-likeness (QED) is 0.802. The number of aryl methyl sites for hydroxylation is 2. The number of hydrogen-bond acceptors (Lipinski definition) is 2. The van der Waals surface area contributed by atoms with E-state index < -0.39 is 12.3 Å². The topological polar surface area (TPSA) is 33.0 Å². The van der Waals surface area contributed by atoms with E-state index in [1.165, 1.54) is 19.2 Å². The van der Waals surface area contributed by atoms with Gasteiger partial charge in [-0.15, -0.1) is 0 Å². The van der Waals surface area contributed by atoms with Crippen molar-refractivity contribution >= 4 is 0 Å². The van der Waals surface area contributed by atoms with E-state index >= 15 is 0 Å². The Bertz CT molecular complexity index is 426. The Morgan fingerprint density at radius 3 is 2.24 bits per heavy atom. The third kappa shape index (κ3) is 2.94. The van der Waals surface area contributed by atoms with Gasteiger partial charge in [-0.25, -0.2) is 8.78 Å². The highest BCUT2D eigenvalue weighted by atomic mass is 19.3. The summed E-state index contributed by atoms with van der Waals surface area (Å²) >= 11 is 0. The molecule has 0 amide bonds. The van der Waals surface area contributed by atoms with Crippen LogP contribution in [0.25, 0.3) is 0 Å². The van der Waals surface area contributed by atoms with Crippen molar-refractivity contribution in [3.63, 3.8) is 0 Å². The predicted molar refractivity (Wildman–Crippen MR) is 61.2 cm³/mol. The second-order valence-corrected chi connectivity index (χ2v) is 4.01. The second-order valence-electron chi connectivity index (χ2n) is 4.01. The van der Waals surface area contributed by atoms with Crippen molar-refractivity contribution in [3.8, 4) is 11.8 Å². The van der Waals surface area contributed by atoms with Gasteiger partial charge in [0.05, 0.1) is 13.2 Å². The number of alkyl halides is 2. The molecule has 1 aromatic rings. The molecular weight excluding hydrogens is 224 g/mol. The molecule has 0 saturated carbocycles. The monoisotopic (exact) mass is 239 g/mol. The molecule has 0 bridgehead atoms. The molecular formula is C13H15F2NO. The van der Waals surface area contributed by atoms with E-state index in [0.717, 1.165) is 0 Å². The summed E-state index contributed by atoms with van der Waals surface area (Å²) in [4.78, 5) is 0. The third-order valence-corrected chi connectivity index (χ3v) is 2.64. The van der Waals surface area contributed by atoms with Crippen molar-refractivity contribution in [2.45, 2.75) is 32.6 Å². The molecule has 2 nitrogen and oxygen atoms in total. The average Bonchev–Trinajstić information content (AvgIpc) is 2.26. The van der Waals surface area contributed by atoms with Gasteiger partial charge >= 0.3 is 0 Å². The average molecular weight is 239 g/mol. The molecule has 0 heterocycles. The molecule has 0 atom stereocenters. The van der Waals surface area contributed by atoms with E-state index in [1.807, 2.05) is 0 Å². The lowest BCUT2D eigenvalue weighted by Crippen LogP contribution is -2.13. The first kappa shape index (κ1) is 13.4. The van der Waals surface area contributed by atoms with Gasteiger partial charge in [0.15, 0.2) is 0 Å². The highest BCUT2D eigenvalue weighted by Gasteiger charge is 2.31. The number of hydrogen-bond donors (Lipinski definition) is 0. The fourth-order valence-electron chi connectivity index (χ4n) is 1.84. The van der Waals surface area contributed by atoms with Crippen molar-refractivity contribution in [2.24, 2.45) is 0 Å². The standard InChI is InChI=1S/C13H15F2NO/c1-9-7-11(8-10(2)12(9)17-3)13(14,15)5-4-6-16/h7-8H,4-5H2,1-3H3. The molecule has 0 aliphatic carbocycles. The first-order chi connectivity index (χ1) is 7.92. The highest BCUT2D eigenvalue weighted by molar-refractivity contribution is 5.44. The van der Waals surface area contributed by atoms with Crippen LogP contribution in [0.1, 0.15) is 29.5 Å². The summed E-state index contributed by atoms with van der Waals surface area (Å²) in [5.74, 6) is -2.33. The molecule has 1 rings (SSSR count). The van der Waals surface area contributed by atoms with Gasteiger partial charge in [0.25, 0.3) is 5.92 Å². The molecule has 0 fully saturated rings. The maximum Gasteiger partial charge on any atom is 0.274 e. The summed E-state index contributed by atoms with van der Waals surface area (Å²) in [5.41, 5.74) is 1.31. The lowest BCUT2D eigenvalue weighted by atomic mass is 9.98. The van der Waals surface area contributed by atoms with Crippen molar-refractivity contribution < 1.29 is 13.5 Å². The zero-order valence-electron chi connectivity index (χ0n) is 10.2. The number of halogens is 2. The molecule has 0 N–H and O–H groups in total. The van der Waals surface area contributed by atoms with Gasteiger partial charge in [0.2, 0.25) is 0 Å². The Hall–Kier alpha value is -1.63. The Morgan fingerprint density at radius 1 is 1.29 bits per heavy atom. The van der Waals surface area contributed by atoms with Gasteiger partial charge in [-0.05, 0) is 37.1 Å². The van der Waals surface area contributed by atoms with Crippen LogP contribution in [0.5, 0.6) is 5.75 Å². The Morgan fingerprint density at radius 2 is 1.82 bits per heavy atom. The predicted octanol–water partition coefficient (Wildman–Crippen LogP) is 3.71. The minimum atomic E-state index is -2.96. The number of rotatable bonds is 4. The van der Waals surface area contributed by atoms with Gasteiger partial charge < -0.3 is 4.74 Å². The van der Waals surface area contributed by atoms with Crippen LogP contribution < -0.4 is 4.74 Å². The molecule has 4 heteroatoms. The smallest absolute Gasteiger partial charge is 0.274 e. The fraction of sp³-hybridized carbons (Fsp3) is 0.462. The Kier molecular flexibility index (Phi) is 4.06. The zero-order chi connectivity index (χ0) is 13.1. The summed E-state index contributed by atoms with van der Waals surface area (Å²) in [6, 6.07) is 4.58. The van der Waals surface area contributed by atoms with Crippen LogP contribution in [0.3, 0.4) is 0 Å². The molecule has 0 unspecified atom stereocenters. The first-order valence-corrected chi connectivity index (χ1v) is 5.33. The SMILES string of the molecule is COc1c(C)cc(C(F)(F)CCC#N)cc1C. The highest BCUT2D eigenvalue weighted by Crippen LogP contribution is 2.36. The van der Waals surface area contributed by atoms with Crippen molar-refractivity contribution in [1.29, 1.82) is 5.26 Å². The van der Waals surface area contributed by atoms with Crippen molar-refractivity contribution in [2.75, 3.05) is 7.11 Å². The molecule has 0 aromatic heterocycles. The van der Waals surface area contributed by atoms with Crippen LogP contribution >= 0.6 is 0 Å². The summed E-state index contributed by atoms with van der Waals surface area (Å²) in [6.07, 6.45) is -0.605. The van der Waals surface area contributed by atoms with Gasteiger partial charge in [0.1, 0.15) is 5.75 Å². The van der Waals surface area contributed by atoms with Crippen LogP contribution in [-0.4, -0.2) is 7.11 Å². The summed E-state index contributed by atoms with van der Waals surface area (Å²) in [6.45, 7) is 3.46. The van der Waals surface area contributed by atoms with E-state index in [0.29, 0.717) is 16.9 Å². The fourth-order valence-corrected chi connectivity index (χ4v) is 1.84. The van der Waals surface area contributed by atoms with Crippen molar-refractivity contribution in [1.82, 2.24) is 0 Å². The van der Waals surface area contributed by atoms with Crippen LogP contribution in [0.15, 0.2) is 12.1 Å². The van der Waals surface area contributed by atoms with Crippen LogP contribution in [0.4, 0.5) is 8.78 Å². The number of nitriles is 1. The molecule has 1 aromatic carbocycles. The van der Waals surface area contributed by atoms with E-state index in [1.54, 1.807) is 19.9 Å². The van der Waals surface area contributed by atoms with Crippen LogP contribution in [0, 0.1) is 25.2 Å². The van der Waals surface area contributed by atoms with Crippen LogP contribution in [0.2, 0.25) is 0 Å². The summed E-state index contributed by atoms with van der Waals surface area (Å²) < 4.78 is 32.6. The van der Waals surface area contributed by atoms with Gasteiger partial charge in [-0.3, -0.25) is 0 Å². The lowest BCUT2D eigenvalue weighted by Gasteiger charge is -2.18. The van der Waals surface area contributed by atoms with E-state index in [4.69, 9.17) is 10.00 Å². The van der Waals surface area contributed by atoms with Gasteiger partial charge in [-0.1, -0.05) is 0 Å². The van der Waals surface area contributed by atoms with Gasteiger partial charge in [0, 0.05) is 18.4 Å². The molecule has 0 saturated heterocycles. The van der Waals surface area contributed by atoms with Crippen molar-refractivity contribution in [3.05, 3.63) is 28.8 Å². The number of ether oxygens (including phenoxy) is 1. The normalized spacial score (nSPS) is 11.1. The summed E-state index contributed by atoms with van der Waals surface area (Å²) in [5, 5.41) is 8.36. The number of benzene rings is 1. The second kappa shape index (κ2) is 5.13. The summed E-state index contributed by atoms with van der Waals surface area (Å²) in [7, 11) is 1.52. The molecule has 0 spiro atoms. The minimum absolute atomic E-state index is 0.0523. The minimum Gasteiger partial charge on any atom is -0.496 e. The van der Waals surface area contributed by atoms with E-state index in [-0.39, 0.29) is 12.0 Å². The van der Waals surface area contributed by atoms with E-state index in [2.05, 4.69) is 0 Å². The van der Waals surface area contributed by atoms with Crippen LogP contribution in [-0.2, 0) is 5.92 Å². The van der Waals surface area contributed by atoms with E-state index in [9.17, 15) is 8.78 Å². The molecule has 0 aliphatic rings. The zero-order valence-corrected chi connectivity index (χ0v) is 10.2. The Balaban J connectivity index is 3.12. The lowest BCUT2D eigenvalue weighted by molar-refractivity contribution is -0.0121. The molecule has 17 heavy (non-hydrogen) atoms. The Labute approximate surface area is 99.8 Å². The third-order valence-electron chi connectivity index (χ3n) is 2.64. The number of nitrogens with zero attached hydrogens (tertiary/aromatic N) is 1. The first-order valence-electron chi connectivity index (χ1n) is 5.33. The maximum atomic E-state index is 13.7. The molecule has 92 valence electrons. The molecule has 0 radical (unpaired) electrons. The van der Waals surface area contributed by atoms with Gasteiger partial charge in [-0.2, -0.15) is 5.26 Å². The maximum absolute atomic E-state index is 13.7. The largest absolute Gasteiger partial charge is 0.496 e. The molecule has 0 aliphatic heterocycles. The number of methoxy groups -OCH3 is 1.